The van der Waals surface area contributed by atoms with Gasteiger partial charge in [0.25, 0.3) is 10.0 Å². The Morgan fingerprint density at radius 1 is 1.44 bits per heavy atom. The molecule has 104 valence electrons. The molecule has 2 N–H and O–H groups in total. The average molecular weight is 308 g/mol. The molecule has 1 aromatic rings. The van der Waals surface area contributed by atoms with Crippen LogP contribution in [0.3, 0.4) is 0 Å². The second-order valence-electron chi connectivity index (χ2n) is 3.31. The number of nitrogens with one attached hydrogen (secondary N) is 2. The van der Waals surface area contributed by atoms with E-state index in [2.05, 4.69) is 4.98 Å². The van der Waals surface area contributed by atoms with E-state index in [0.29, 0.717) is 0 Å². The SMILES string of the molecule is Cc1[nH]c(=O)sc1S(=O)(=O)NCC(F)(F)C(F)F. The molecule has 5 nitrogen and oxygen atoms in total. The largest absolute Gasteiger partial charge is 0.320 e. The Morgan fingerprint density at radius 3 is 2.39 bits per heavy atom. The quantitative estimate of drug-likeness (QED) is 0.794. The molecule has 18 heavy (non-hydrogen) atoms. The monoisotopic (exact) mass is 308 g/mol. The van der Waals surface area contributed by atoms with Crippen LogP contribution in [0.25, 0.3) is 0 Å². The zero-order valence-electron chi connectivity index (χ0n) is 8.84. The molecule has 1 aromatic heterocycles. The number of aromatic amines is 1. The first-order valence-electron chi connectivity index (χ1n) is 4.41. The first-order chi connectivity index (χ1) is 8.06. The van der Waals surface area contributed by atoms with E-state index < -0.39 is 38.0 Å². The molecule has 0 aliphatic heterocycles. The van der Waals surface area contributed by atoms with Crippen molar-refractivity contribution in [3.63, 3.8) is 0 Å². The molecule has 0 fully saturated rings. The summed E-state index contributed by atoms with van der Waals surface area (Å²) < 4.78 is 72.6. The van der Waals surface area contributed by atoms with E-state index in [1.165, 1.54) is 11.6 Å². The lowest BCUT2D eigenvalue weighted by molar-refractivity contribution is -0.122. The predicted molar refractivity (Wildman–Crippen MR) is 55.8 cm³/mol. The highest BCUT2D eigenvalue weighted by atomic mass is 32.2. The van der Waals surface area contributed by atoms with Crippen molar-refractivity contribution in [2.45, 2.75) is 23.5 Å². The van der Waals surface area contributed by atoms with Crippen molar-refractivity contribution >= 4 is 21.4 Å². The zero-order chi connectivity index (χ0) is 14.1. The summed E-state index contributed by atoms with van der Waals surface area (Å²) in [4.78, 5) is 12.3. The fourth-order valence-electron chi connectivity index (χ4n) is 0.981. The molecule has 0 aliphatic carbocycles. The lowest BCUT2D eigenvalue weighted by Gasteiger charge is -2.15. The standard InChI is InChI=1S/C7H8F4N2O3S2/c1-3-4(17-6(14)13-3)18(15,16)12-2-7(10,11)5(8)9/h5,12H,2H2,1H3,(H,13,14). The van der Waals surface area contributed by atoms with Crippen molar-refractivity contribution in [2.75, 3.05) is 6.54 Å². The molecule has 0 atom stereocenters. The van der Waals surface area contributed by atoms with E-state index in [-0.39, 0.29) is 17.0 Å². The lowest BCUT2D eigenvalue weighted by Crippen LogP contribution is -2.41. The Hall–Kier alpha value is -0.940. The van der Waals surface area contributed by atoms with E-state index in [1.54, 1.807) is 0 Å². The Labute approximate surface area is 103 Å². The Morgan fingerprint density at radius 2 is 2.00 bits per heavy atom. The maximum atomic E-state index is 12.6. The minimum atomic E-state index is -4.47. The highest BCUT2D eigenvalue weighted by Crippen LogP contribution is 2.23. The third-order valence-corrected chi connectivity index (χ3v) is 4.85. The van der Waals surface area contributed by atoms with Gasteiger partial charge < -0.3 is 4.98 Å². The lowest BCUT2D eigenvalue weighted by atomic mass is 10.4. The molecule has 0 saturated heterocycles. The molecule has 0 bridgehead atoms. The van der Waals surface area contributed by atoms with Gasteiger partial charge in [0.15, 0.2) is 4.21 Å². The molecule has 11 heteroatoms. The molecular weight excluding hydrogens is 300 g/mol. The van der Waals surface area contributed by atoms with Gasteiger partial charge in [-0.2, -0.15) is 8.78 Å². The van der Waals surface area contributed by atoms with E-state index in [1.807, 2.05) is 0 Å². The van der Waals surface area contributed by atoms with Crippen molar-refractivity contribution in [3.8, 4) is 0 Å². The number of aromatic nitrogens is 1. The van der Waals surface area contributed by atoms with Crippen LogP contribution in [-0.4, -0.2) is 32.3 Å². The minimum Gasteiger partial charge on any atom is -0.315 e. The summed E-state index contributed by atoms with van der Waals surface area (Å²) in [6, 6.07) is 0. The van der Waals surface area contributed by atoms with Gasteiger partial charge in [-0.3, -0.25) is 4.79 Å². The highest BCUT2D eigenvalue weighted by molar-refractivity contribution is 7.91. The van der Waals surface area contributed by atoms with Crippen molar-refractivity contribution in [1.82, 2.24) is 9.71 Å². The summed E-state index contributed by atoms with van der Waals surface area (Å²) in [6.07, 6.45) is -3.98. The number of sulfonamides is 1. The Balaban J connectivity index is 2.91. The second kappa shape index (κ2) is 4.97. The van der Waals surface area contributed by atoms with Crippen molar-refractivity contribution in [3.05, 3.63) is 15.4 Å². The predicted octanol–water partition coefficient (Wildman–Crippen LogP) is 0.924. The van der Waals surface area contributed by atoms with Crippen molar-refractivity contribution in [2.24, 2.45) is 0 Å². The van der Waals surface area contributed by atoms with Gasteiger partial charge in [0.05, 0.1) is 6.54 Å². The van der Waals surface area contributed by atoms with Crippen LogP contribution in [0, 0.1) is 6.92 Å². The summed E-state index contributed by atoms with van der Waals surface area (Å²) in [5.74, 6) is -4.47. The number of hydrogen-bond acceptors (Lipinski definition) is 4. The molecule has 0 aliphatic rings. The maximum Gasteiger partial charge on any atom is 0.320 e. The Kier molecular flexibility index (Phi) is 4.18. The van der Waals surface area contributed by atoms with Gasteiger partial charge in [0.1, 0.15) is 0 Å². The average Bonchev–Trinajstić information content (AvgIpc) is 2.56. The van der Waals surface area contributed by atoms with Gasteiger partial charge in [-0.1, -0.05) is 11.3 Å². The molecule has 0 spiro atoms. The van der Waals surface area contributed by atoms with E-state index >= 15 is 0 Å². The molecule has 1 rings (SSSR count). The van der Waals surface area contributed by atoms with Gasteiger partial charge in [0, 0.05) is 5.69 Å². The molecule has 0 radical (unpaired) electrons. The second-order valence-corrected chi connectivity index (χ2v) is 6.26. The molecule has 0 amide bonds. The van der Waals surface area contributed by atoms with E-state index in [0.717, 1.165) is 0 Å². The smallest absolute Gasteiger partial charge is 0.315 e. The van der Waals surface area contributed by atoms with Gasteiger partial charge in [-0.25, -0.2) is 21.9 Å². The third kappa shape index (κ3) is 3.29. The number of hydrogen-bond donors (Lipinski definition) is 2. The highest BCUT2D eigenvalue weighted by Gasteiger charge is 2.41. The van der Waals surface area contributed by atoms with E-state index in [4.69, 9.17) is 0 Å². The first-order valence-corrected chi connectivity index (χ1v) is 6.71. The van der Waals surface area contributed by atoms with Gasteiger partial charge in [-0.15, -0.1) is 0 Å². The topological polar surface area (TPSA) is 79.0 Å². The van der Waals surface area contributed by atoms with Crippen LogP contribution < -0.4 is 9.60 Å². The van der Waals surface area contributed by atoms with Crippen molar-refractivity contribution < 1.29 is 26.0 Å². The molecule has 0 saturated carbocycles. The fraction of sp³-hybridized carbons (Fsp3) is 0.571. The number of rotatable bonds is 5. The fourth-order valence-corrected chi connectivity index (χ4v) is 3.37. The number of halogens is 4. The van der Waals surface area contributed by atoms with Gasteiger partial charge in [-0.05, 0) is 6.92 Å². The van der Waals surface area contributed by atoms with Crippen LogP contribution in [0.5, 0.6) is 0 Å². The first kappa shape index (κ1) is 15.1. The summed E-state index contributed by atoms with van der Waals surface area (Å²) in [6.45, 7) is -0.490. The van der Waals surface area contributed by atoms with Gasteiger partial charge >= 0.3 is 17.2 Å². The molecule has 1 heterocycles. The van der Waals surface area contributed by atoms with Crippen LogP contribution in [-0.2, 0) is 10.0 Å². The van der Waals surface area contributed by atoms with Crippen LogP contribution in [0.15, 0.2) is 9.00 Å². The minimum absolute atomic E-state index is 0.0436. The van der Waals surface area contributed by atoms with E-state index in [9.17, 15) is 30.8 Å². The number of aryl methyl sites for hydroxylation is 1. The summed E-state index contributed by atoms with van der Waals surface area (Å²) in [5, 5.41) is 0. The zero-order valence-corrected chi connectivity index (χ0v) is 10.5. The Bertz CT molecular complexity index is 578. The number of thiazole rings is 1. The third-order valence-electron chi connectivity index (χ3n) is 1.84. The van der Waals surface area contributed by atoms with Crippen LogP contribution in [0.2, 0.25) is 0 Å². The normalized spacial score (nSPS) is 13.2. The summed E-state index contributed by atoms with van der Waals surface area (Å²) >= 11 is 0.286. The van der Waals surface area contributed by atoms with Crippen LogP contribution in [0.4, 0.5) is 17.6 Å². The van der Waals surface area contributed by atoms with Crippen LogP contribution in [0.1, 0.15) is 5.69 Å². The number of H-pyrrole nitrogens is 1. The molecule has 0 aromatic carbocycles. The molecular formula is C7H8F4N2O3S2. The van der Waals surface area contributed by atoms with Crippen LogP contribution >= 0.6 is 11.3 Å². The maximum absolute atomic E-state index is 12.6. The number of alkyl halides is 4. The van der Waals surface area contributed by atoms with Crippen molar-refractivity contribution in [1.29, 1.82) is 0 Å². The van der Waals surface area contributed by atoms with Gasteiger partial charge in [0.2, 0.25) is 0 Å². The summed E-state index contributed by atoms with van der Waals surface area (Å²) in [5.41, 5.74) is -0.0436. The summed E-state index contributed by atoms with van der Waals surface area (Å²) in [7, 11) is -4.41. The molecule has 0 unspecified atom stereocenters.